The van der Waals surface area contributed by atoms with Gasteiger partial charge < -0.3 is 10.1 Å². The van der Waals surface area contributed by atoms with Crippen LogP contribution in [-0.4, -0.2) is 46.0 Å². The van der Waals surface area contributed by atoms with E-state index in [1.165, 1.54) is 12.1 Å². The van der Waals surface area contributed by atoms with Crippen LogP contribution >= 0.6 is 11.6 Å². The average molecular weight is 515 g/mol. The lowest BCUT2D eigenvalue weighted by Gasteiger charge is -2.18. The molecule has 0 unspecified atom stereocenters. The number of hydrazine groups is 2. The van der Waals surface area contributed by atoms with Crippen molar-refractivity contribution < 1.29 is 40.7 Å². The maximum absolute atomic E-state index is 13.2. The van der Waals surface area contributed by atoms with Crippen molar-refractivity contribution in [3.8, 4) is 5.75 Å². The van der Waals surface area contributed by atoms with Crippen LogP contribution in [-0.2, 0) is 13.2 Å². The number of aromatic nitrogens is 2. The van der Waals surface area contributed by atoms with Crippen LogP contribution in [0.3, 0.4) is 0 Å². The van der Waals surface area contributed by atoms with Crippen LogP contribution < -0.4 is 26.4 Å². The Kier molecular flexibility index (Phi) is 6.52. The molecule has 2 aromatic rings. The highest BCUT2D eigenvalue weighted by Gasteiger charge is 2.40. The Bertz CT molecular complexity index is 1160. The second kappa shape index (κ2) is 8.90. The van der Waals surface area contributed by atoms with E-state index in [9.17, 15) is 35.9 Å². The fourth-order valence-corrected chi connectivity index (χ4v) is 2.96. The van der Waals surface area contributed by atoms with Crippen molar-refractivity contribution in [2.45, 2.75) is 12.5 Å². The summed E-state index contributed by atoms with van der Waals surface area (Å²) in [5, 5.41) is 11.4. The molecule has 184 valence electrons. The minimum absolute atomic E-state index is 0.0487. The number of carbonyl (C=O) groups is 2. The number of alkyl halides is 6. The number of carbonyl (C=O) groups excluding carboxylic acids is 2. The van der Waals surface area contributed by atoms with Crippen molar-refractivity contribution in [1.82, 2.24) is 31.2 Å². The van der Waals surface area contributed by atoms with E-state index in [-0.39, 0.29) is 5.96 Å². The van der Waals surface area contributed by atoms with E-state index in [0.29, 0.717) is 16.9 Å². The van der Waals surface area contributed by atoms with E-state index in [1.54, 1.807) is 0 Å². The molecule has 3 rings (SSSR count). The number of guanidine groups is 1. The van der Waals surface area contributed by atoms with Gasteiger partial charge in [0.2, 0.25) is 5.96 Å². The first-order chi connectivity index (χ1) is 15.7. The largest absolute Gasteiger partial charge is 0.573 e. The number of benzene rings is 1. The Balaban J connectivity index is 2.01. The standard InChI is InChI=1S/C16H13ClF6N8O3/c1-30-5-7(11(27-30)15(18,19)20)13(33)24-10-8(34-16(21,22)23)4-3-6(9(10)17)12(32)25-14-26-28-29-31(14)2/h3-5,28-29H,1-2H3,(H,24,33)(H,25,26,32). The van der Waals surface area contributed by atoms with Crippen LogP contribution in [0.4, 0.5) is 32.0 Å². The number of hydrogen-bond acceptors (Lipinski definition) is 8. The van der Waals surface area contributed by atoms with Gasteiger partial charge in [0.25, 0.3) is 11.8 Å². The molecule has 0 spiro atoms. The fourth-order valence-electron chi connectivity index (χ4n) is 2.67. The number of hydrazone groups is 1. The van der Waals surface area contributed by atoms with Crippen molar-refractivity contribution in [3.05, 3.63) is 40.2 Å². The molecular weight excluding hydrogens is 502 g/mol. The number of anilines is 1. The molecule has 18 heteroatoms. The van der Waals surface area contributed by atoms with Gasteiger partial charge in [-0.2, -0.15) is 18.3 Å². The zero-order chi connectivity index (χ0) is 25.4. The van der Waals surface area contributed by atoms with Crippen LogP contribution in [0.1, 0.15) is 26.4 Å². The second-order valence-electron chi connectivity index (χ2n) is 6.54. The van der Waals surface area contributed by atoms with Crippen LogP contribution in [0.25, 0.3) is 0 Å². The Hall–Kier alpha value is -3.73. The molecule has 4 N–H and O–H groups in total. The summed E-state index contributed by atoms with van der Waals surface area (Å²) < 4.78 is 82.7. The SMILES string of the molecule is CN1NNN=C1NC(=O)c1ccc(OC(F)(F)F)c(NC(=O)c2cn(C)nc2C(F)(F)F)c1Cl. The summed E-state index contributed by atoms with van der Waals surface area (Å²) in [4.78, 5) is 25.1. The van der Waals surface area contributed by atoms with E-state index in [0.717, 1.165) is 13.1 Å². The highest BCUT2D eigenvalue weighted by atomic mass is 35.5. The van der Waals surface area contributed by atoms with E-state index >= 15 is 0 Å². The summed E-state index contributed by atoms with van der Waals surface area (Å²) in [6.45, 7) is 0. The minimum Gasteiger partial charge on any atom is -0.404 e. The monoisotopic (exact) mass is 514 g/mol. The maximum Gasteiger partial charge on any atom is 0.573 e. The smallest absolute Gasteiger partial charge is 0.404 e. The molecule has 0 fully saturated rings. The first-order valence-electron chi connectivity index (χ1n) is 8.81. The summed E-state index contributed by atoms with van der Waals surface area (Å²) in [7, 11) is 2.56. The molecular formula is C16H13ClF6N8O3. The van der Waals surface area contributed by atoms with Crippen LogP contribution in [0.15, 0.2) is 23.4 Å². The van der Waals surface area contributed by atoms with Gasteiger partial charge in [0.1, 0.15) is 5.69 Å². The van der Waals surface area contributed by atoms with Crippen LogP contribution in [0, 0.1) is 0 Å². The Labute approximate surface area is 190 Å². The molecule has 1 aliphatic rings. The summed E-state index contributed by atoms with van der Waals surface area (Å²) >= 11 is 6.08. The van der Waals surface area contributed by atoms with Gasteiger partial charge in [0.05, 0.1) is 16.1 Å². The molecule has 34 heavy (non-hydrogen) atoms. The topological polar surface area (TPSA) is 125 Å². The van der Waals surface area contributed by atoms with Crippen LogP contribution in [0.5, 0.6) is 5.75 Å². The minimum atomic E-state index is -5.25. The molecule has 0 aliphatic carbocycles. The van der Waals surface area contributed by atoms with Gasteiger partial charge in [-0.25, -0.2) is 5.53 Å². The number of amides is 2. The zero-order valence-electron chi connectivity index (χ0n) is 16.9. The number of nitrogens with one attached hydrogen (secondary N) is 4. The van der Waals surface area contributed by atoms with Gasteiger partial charge in [0, 0.05) is 20.3 Å². The molecule has 0 saturated carbocycles. The maximum atomic E-state index is 13.2. The normalized spacial score (nSPS) is 13.9. The van der Waals surface area contributed by atoms with E-state index in [1.807, 2.05) is 5.32 Å². The summed E-state index contributed by atoms with van der Waals surface area (Å²) in [5.74, 6) is -3.58. The second-order valence-corrected chi connectivity index (χ2v) is 6.92. The van der Waals surface area contributed by atoms with Crippen molar-refractivity contribution >= 4 is 35.1 Å². The number of aryl methyl sites for hydroxylation is 1. The first-order valence-corrected chi connectivity index (χ1v) is 9.19. The molecule has 2 amide bonds. The number of hydrogen-bond donors (Lipinski definition) is 4. The predicted octanol–water partition coefficient (Wildman–Crippen LogP) is 2.20. The third-order valence-electron chi connectivity index (χ3n) is 4.08. The zero-order valence-corrected chi connectivity index (χ0v) is 17.6. The molecule has 1 aliphatic heterocycles. The van der Waals surface area contributed by atoms with Gasteiger partial charge in [-0.1, -0.05) is 11.6 Å². The van der Waals surface area contributed by atoms with E-state index < -0.39 is 57.6 Å². The highest BCUT2D eigenvalue weighted by molar-refractivity contribution is 6.37. The average Bonchev–Trinajstić information content (AvgIpc) is 3.29. The molecule has 0 saturated heterocycles. The van der Waals surface area contributed by atoms with Gasteiger partial charge in [-0.05, 0) is 12.1 Å². The van der Waals surface area contributed by atoms with Crippen molar-refractivity contribution in [2.24, 2.45) is 12.1 Å². The van der Waals surface area contributed by atoms with Gasteiger partial charge in [-0.15, -0.1) is 23.8 Å². The van der Waals surface area contributed by atoms with E-state index in [2.05, 4.69) is 31.3 Å². The van der Waals surface area contributed by atoms with Gasteiger partial charge in [-0.3, -0.25) is 24.6 Å². The predicted molar refractivity (Wildman–Crippen MR) is 103 cm³/mol. The summed E-state index contributed by atoms with van der Waals surface area (Å²) in [6.07, 6.45) is -9.58. The van der Waals surface area contributed by atoms with Gasteiger partial charge in [0.15, 0.2) is 11.4 Å². The Morgan fingerprint density at radius 2 is 1.71 bits per heavy atom. The first kappa shape index (κ1) is 24.9. The Morgan fingerprint density at radius 3 is 2.26 bits per heavy atom. The quantitative estimate of drug-likeness (QED) is 0.461. The molecule has 1 aromatic heterocycles. The van der Waals surface area contributed by atoms with Crippen molar-refractivity contribution in [2.75, 3.05) is 12.4 Å². The van der Waals surface area contributed by atoms with Gasteiger partial charge >= 0.3 is 12.5 Å². The highest BCUT2D eigenvalue weighted by Crippen LogP contribution is 2.39. The number of nitrogens with zero attached hydrogens (tertiary/aromatic N) is 4. The molecule has 2 heterocycles. The molecule has 11 nitrogen and oxygen atoms in total. The fraction of sp³-hybridized carbons (Fsp3) is 0.250. The third-order valence-corrected chi connectivity index (χ3v) is 4.47. The summed E-state index contributed by atoms with van der Waals surface area (Å²) in [6, 6.07) is 1.52. The number of ether oxygens (including phenoxy) is 1. The number of rotatable bonds is 4. The molecule has 1 aromatic carbocycles. The Morgan fingerprint density at radius 1 is 1.06 bits per heavy atom. The lowest BCUT2D eigenvalue weighted by atomic mass is 10.1. The van der Waals surface area contributed by atoms with Crippen LogP contribution in [0.2, 0.25) is 5.02 Å². The number of halogens is 7. The third kappa shape index (κ3) is 5.42. The summed E-state index contributed by atoms with van der Waals surface area (Å²) in [5.41, 5.74) is 0.868. The molecule has 0 bridgehead atoms. The lowest BCUT2D eigenvalue weighted by molar-refractivity contribution is -0.274. The molecule has 0 radical (unpaired) electrons. The lowest BCUT2D eigenvalue weighted by Crippen LogP contribution is -2.45. The van der Waals surface area contributed by atoms with Crippen molar-refractivity contribution in [1.29, 1.82) is 0 Å². The van der Waals surface area contributed by atoms with Crippen molar-refractivity contribution in [3.63, 3.8) is 0 Å². The molecule has 0 atom stereocenters. The van der Waals surface area contributed by atoms with E-state index in [4.69, 9.17) is 11.6 Å².